The summed E-state index contributed by atoms with van der Waals surface area (Å²) in [6.07, 6.45) is 0. The molecule has 0 saturated heterocycles. The van der Waals surface area contributed by atoms with Crippen molar-refractivity contribution in [2.75, 3.05) is 0 Å². The van der Waals surface area contributed by atoms with Crippen LogP contribution in [0.3, 0.4) is 0 Å². The van der Waals surface area contributed by atoms with Crippen LogP contribution in [0.4, 0.5) is 0 Å². The number of hydrogen-bond acceptors (Lipinski definition) is 18. The summed E-state index contributed by atoms with van der Waals surface area (Å²) in [4.78, 5) is 48.0. The van der Waals surface area contributed by atoms with Gasteiger partial charge in [-0.15, -0.1) is 32.0 Å². The minimum Gasteiger partial charge on any atom is -0.444 e. The van der Waals surface area contributed by atoms with Crippen molar-refractivity contribution in [3.05, 3.63) is 60.7 Å². The summed E-state index contributed by atoms with van der Waals surface area (Å²) in [6, 6.07) is 0. The van der Waals surface area contributed by atoms with Gasteiger partial charge in [-0.25, -0.2) is 0 Å². The molecule has 0 aliphatic heterocycles. The number of nitrogens with zero attached hydrogens (tertiary/aromatic N) is 6. The van der Waals surface area contributed by atoms with Crippen LogP contribution in [0.15, 0.2) is 32.0 Å². The minimum absolute atomic E-state index is 0. The van der Waals surface area contributed by atoms with Gasteiger partial charge in [0.2, 0.25) is 0 Å². The Morgan fingerprint density at radius 3 is 0.368 bits per heavy atom. The molecule has 0 aliphatic carbocycles. The topological polar surface area (TPSA) is 315 Å². The quantitative estimate of drug-likeness (QED) is 0.328. The molecule has 0 aromatic carbocycles. The monoisotopic (exact) mass is 514 g/mol. The van der Waals surface area contributed by atoms with Gasteiger partial charge < -0.3 is 60.7 Å². The van der Waals surface area contributed by atoms with Gasteiger partial charge in [0.25, 0.3) is 0 Å². The molecular formula is N6O12U-6. The molecule has 0 rings (SSSR count). The minimum atomic E-state index is 0. The Labute approximate surface area is 124 Å². The molecule has 0 aliphatic rings. The first kappa shape index (κ1) is 44.0. The summed E-state index contributed by atoms with van der Waals surface area (Å²) in [7, 11) is 0. The molecule has 0 aromatic rings. The normalized spacial score (nSPS) is 3.79. The molecule has 19 heavy (non-hydrogen) atoms. The van der Waals surface area contributed by atoms with Crippen molar-refractivity contribution in [3.63, 3.8) is 0 Å². The van der Waals surface area contributed by atoms with Gasteiger partial charge in [-0.1, -0.05) is 0 Å². The number of hydrogen-bond donors (Lipinski definition) is 0. The summed E-state index contributed by atoms with van der Waals surface area (Å²) in [5.41, 5.74) is 0. The Morgan fingerprint density at radius 2 is 0.368 bits per heavy atom. The van der Waals surface area contributed by atoms with E-state index >= 15 is 0 Å². The van der Waals surface area contributed by atoms with Gasteiger partial charge in [0, 0.05) is 31.1 Å². The predicted octanol–water partition coefficient (Wildman–Crippen LogP) is 1.50. The van der Waals surface area contributed by atoms with Gasteiger partial charge in [-0.3, -0.25) is 0 Å². The van der Waals surface area contributed by atoms with Crippen LogP contribution < -0.4 is 0 Å². The molecule has 0 radical (unpaired) electrons. The van der Waals surface area contributed by atoms with E-state index in [1.807, 2.05) is 0 Å². The van der Waals surface area contributed by atoms with Crippen LogP contribution in [0.5, 0.6) is 0 Å². The Kier molecular flexibility index (Phi) is 627. The maximum Gasteiger partial charge on any atom is 0 e. The maximum absolute atomic E-state index is 8.00. The second kappa shape index (κ2) is 271. The fraction of sp³-hybridized carbons (Fsp3) is 0. The molecule has 0 fully saturated rings. The van der Waals surface area contributed by atoms with Gasteiger partial charge in [-0.05, 0) is 0 Å². The zero-order valence-corrected chi connectivity index (χ0v) is 12.2. The summed E-state index contributed by atoms with van der Waals surface area (Å²) >= 11 is 0. The Morgan fingerprint density at radius 1 is 0.368 bits per heavy atom. The van der Waals surface area contributed by atoms with E-state index < -0.39 is 0 Å². The molecular weight excluding hydrogens is 514 g/mol. The van der Waals surface area contributed by atoms with Gasteiger partial charge in [0.1, 0.15) is 0 Å². The molecule has 112 valence electrons. The van der Waals surface area contributed by atoms with Crippen LogP contribution >= 0.6 is 0 Å². The van der Waals surface area contributed by atoms with Gasteiger partial charge in [0.05, 0.1) is 0 Å². The molecule has 0 saturated carbocycles. The van der Waals surface area contributed by atoms with E-state index in [2.05, 4.69) is 0 Å². The first-order chi connectivity index (χ1) is 8.49. The smallest absolute Gasteiger partial charge is 0 e. The molecule has 19 heteroatoms. The van der Waals surface area contributed by atoms with E-state index in [9.17, 15) is 0 Å². The van der Waals surface area contributed by atoms with Gasteiger partial charge in [-0.2, -0.15) is 0 Å². The largest absolute Gasteiger partial charge is 0.444 e. The molecule has 0 bridgehead atoms. The third-order valence-electron chi connectivity index (χ3n) is 0. The first-order valence-electron chi connectivity index (χ1n) is 2.19. The summed E-state index contributed by atoms with van der Waals surface area (Å²) < 4.78 is 0. The van der Waals surface area contributed by atoms with E-state index in [-0.39, 0.29) is 31.1 Å². The Hall–Kier alpha value is -2.55. The molecule has 0 amide bonds. The fourth-order valence-corrected chi connectivity index (χ4v) is 0. The zero-order valence-electron chi connectivity index (χ0n) is 8.08. The van der Waals surface area contributed by atoms with E-state index in [0.29, 0.717) is 0 Å². The van der Waals surface area contributed by atoms with Crippen LogP contribution in [-0.4, -0.2) is 0 Å². The molecule has 0 aromatic heterocycles. The van der Waals surface area contributed by atoms with Gasteiger partial charge >= 0.3 is 0 Å². The van der Waals surface area contributed by atoms with E-state index in [0.717, 1.165) is 32.0 Å². The van der Waals surface area contributed by atoms with Crippen molar-refractivity contribution in [2.45, 2.75) is 0 Å². The molecule has 0 unspecified atom stereocenters. The maximum atomic E-state index is 8.00. The van der Waals surface area contributed by atoms with Crippen LogP contribution in [0.2, 0.25) is 0 Å². The van der Waals surface area contributed by atoms with Crippen LogP contribution in [0.1, 0.15) is 0 Å². The Bertz CT molecular complexity index is 114. The van der Waals surface area contributed by atoms with Gasteiger partial charge in [0.15, 0.2) is 0 Å². The Balaban J connectivity index is -0.0000000180. The molecule has 0 atom stereocenters. The first-order valence-corrected chi connectivity index (χ1v) is 2.19. The third kappa shape index (κ3) is 431. The summed E-state index contributed by atoms with van der Waals surface area (Å²) in [5.74, 6) is 0. The van der Waals surface area contributed by atoms with Crippen molar-refractivity contribution >= 4 is 0 Å². The average Bonchev–Trinajstić information content (AvgIpc) is 2.23. The summed E-state index contributed by atoms with van der Waals surface area (Å²) in [6.45, 7) is 0. The van der Waals surface area contributed by atoms with Crippen LogP contribution in [0, 0.1) is 91.8 Å². The second-order valence-corrected chi connectivity index (χ2v) is 0.447. The van der Waals surface area contributed by atoms with Crippen molar-refractivity contribution in [1.29, 1.82) is 0 Å². The molecule has 18 nitrogen and oxygen atoms in total. The zero-order chi connectivity index (χ0) is 16.2. The van der Waals surface area contributed by atoms with Crippen LogP contribution in [0.25, 0.3) is 0 Å². The molecule has 0 heterocycles. The van der Waals surface area contributed by atoms with Crippen LogP contribution in [-0.2, 0) is 0 Å². The van der Waals surface area contributed by atoms with Crippen molar-refractivity contribution in [1.82, 2.24) is 0 Å². The van der Waals surface area contributed by atoms with Crippen molar-refractivity contribution in [2.24, 2.45) is 32.0 Å². The van der Waals surface area contributed by atoms with E-state index in [4.69, 9.17) is 60.7 Å². The third-order valence-corrected chi connectivity index (χ3v) is 0. The number of rotatable bonds is 0. The fourth-order valence-electron chi connectivity index (χ4n) is 0. The predicted molar refractivity (Wildman–Crippen MR) is 55.0 cm³/mol. The summed E-state index contributed by atoms with van der Waals surface area (Å²) in [5, 5.41) is 54.0. The van der Waals surface area contributed by atoms with E-state index in [1.54, 1.807) is 0 Å². The van der Waals surface area contributed by atoms with Crippen molar-refractivity contribution < 1.29 is 31.1 Å². The van der Waals surface area contributed by atoms with E-state index in [1.165, 1.54) is 0 Å². The average molecular weight is 514 g/mol. The SMILES string of the molecule is O=N[O-].O=N[O-].O=N[O-].O=N[O-].O=N[O-].O=N[O-].[U]. The van der Waals surface area contributed by atoms with Crippen molar-refractivity contribution in [3.8, 4) is 0 Å². The molecule has 0 N–H and O–H groups in total. The molecule has 0 spiro atoms. The standard InChI is InChI=1S/6HNO2.U/c6*2-1-3;/h6*(H,2,3);/p-6. The second-order valence-electron chi connectivity index (χ2n) is 0.447.